The maximum absolute atomic E-state index is 13.8. The van der Waals surface area contributed by atoms with E-state index < -0.39 is 27.6 Å². The summed E-state index contributed by atoms with van der Waals surface area (Å²) in [6, 6.07) is 2.34. The van der Waals surface area contributed by atoms with Crippen LogP contribution in [-0.4, -0.2) is 40.2 Å². The third kappa shape index (κ3) is 3.52. The van der Waals surface area contributed by atoms with E-state index in [1.807, 2.05) is 20.8 Å². The lowest BCUT2D eigenvalue weighted by Gasteiger charge is -2.39. The van der Waals surface area contributed by atoms with Crippen molar-refractivity contribution in [1.82, 2.24) is 4.90 Å². The van der Waals surface area contributed by atoms with Gasteiger partial charge in [0.1, 0.15) is 17.0 Å². The number of piperidine rings is 1. The normalized spacial score (nSPS) is 18.6. The second-order valence-electron chi connectivity index (χ2n) is 7.60. The number of amides is 1. The summed E-state index contributed by atoms with van der Waals surface area (Å²) in [6.45, 7) is 6.37. The second kappa shape index (κ2) is 5.86. The van der Waals surface area contributed by atoms with E-state index in [1.165, 1.54) is 6.07 Å². The van der Waals surface area contributed by atoms with Crippen molar-refractivity contribution in [2.45, 2.75) is 51.2 Å². The van der Waals surface area contributed by atoms with Crippen LogP contribution in [0.2, 0.25) is 0 Å². The van der Waals surface area contributed by atoms with Gasteiger partial charge in [-0.2, -0.15) is 4.39 Å². The number of likely N-dealkylation sites (tertiary alicyclic amines) is 1. The summed E-state index contributed by atoms with van der Waals surface area (Å²) in [7, 11) is 0. The summed E-state index contributed by atoms with van der Waals surface area (Å²) in [5, 5.41) is 10.9. The van der Waals surface area contributed by atoms with E-state index >= 15 is 0 Å². The van der Waals surface area contributed by atoms with E-state index in [4.69, 9.17) is 9.47 Å². The number of benzene rings is 1. The molecule has 1 fully saturated rings. The Labute approximate surface area is 144 Å². The lowest BCUT2D eigenvalue weighted by molar-refractivity contribution is -0.387. The van der Waals surface area contributed by atoms with Crippen LogP contribution in [0.3, 0.4) is 0 Å². The van der Waals surface area contributed by atoms with Gasteiger partial charge in [-0.15, -0.1) is 0 Å². The van der Waals surface area contributed by atoms with Crippen LogP contribution in [0, 0.1) is 15.9 Å². The maximum Gasteiger partial charge on any atom is 0.410 e. The van der Waals surface area contributed by atoms with E-state index in [0.717, 1.165) is 6.07 Å². The second-order valence-corrected chi connectivity index (χ2v) is 7.60. The highest BCUT2D eigenvalue weighted by atomic mass is 19.1. The molecule has 2 heterocycles. The number of rotatable bonds is 1. The minimum absolute atomic E-state index is 0.355. The molecule has 0 N–H and O–H groups in total. The standard InChI is InChI=1S/C17H21FN2O5/c1-16(2,3)25-15(21)19-6-4-17(5-7-19)10-11-8-13(20(22)23)12(18)9-14(11)24-17/h8-9H,4-7,10H2,1-3H3. The van der Waals surface area contributed by atoms with Crippen LogP contribution in [0.15, 0.2) is 12.1 Å². The molecule has 0 atom stereocenters. The molecule has 1 amide bonds. The highest BCUT2D eigenvalue weighted by Crippen LogP contribution is 2.43. The number of nitrogens with zero attached hydrogens (tertiary/aromatic N) is 2. The summed E-state index contributed by atoms with van der Waals surface area (Å²) in [5.74, 6) is -0.541. The fraction of sp³-hybridized carbons (Fsp3) is 0.588. The van der Waals surface area contributed by atoms with Gasteiger partial charge >= 0.3 is 11.8 Å². The van der Waals surface area contributed by atoms with Gasteiger partial charge in [-0.1, -0.05) is 0 Å². The van der Waals surface area contributed by atoms with Gasteiger partial charge in [0.05, 0.1) is 4.92 Å². The van der Waals surface area contributed by atoms with Gasteiger partial charge in [-0.3, -0.25) is 10.1 Å². The Bertz CT molecular complexity index is 720. The molecular formula is C17H21FN2O5. The van der Waals surface area contributed by atoms with Crippen molar-refractivity contribution in [3.05, 3.63) is 33.6 Å². The van der Waals surface area contributed by atoms with E-state index in [0.29, 0.717) is 43.7 Å². The predicted molar refractivity (Wildman–Crippen MR) is 87.2 cm³/mol. The molecule has 25 heavy (non-hydrogen) atoms. The first kappa shape index (κ1) is 17.4. The Morgan fingerprint density at radius 2 is 2.00 bits per heavy atom. The van der Waals surface area contributed by atoms with Crippen molar-refractivity contribution in [1.29, 1.82) is 0 Å². The number of nitro benzene ring substituents is 1. The van der Waals surface area contributed by atoms with Crippen LogP contribution in [0.1, 0.15) is 39.2 Å². The van der Waals surface area contributed by atoms with Crippen molar-refractivity contribution in [2.75, 3.05) is 13.1 Å². The number of carbonyl (C=O) groups is 1. The van der Waals surface area contributed by atoms with Crippen LogP contribution in [-0.2, 0) is 11.2 Å². The summed E-state index contributed by atoms with van der Waals surface area (Å²) >= 11 is 0. The molecule has 0 unspecified atom stereocenters. The molecule has 8 heteroatoms. The molecule has 0 aliphatic carbocycles. The Morgan fingerprint density at radius 1 is 1.36 bits per heavy atom. The van der Waals surface area contributed by atoms with Gasteiger partial charge in [-0.05, 0) is 20.8 Å². The zero-order valence-corrected chi connectivity index (χ0v) is 14.5. The van der Waals surface area contributed by atoms with Crippen LogP contribution in [0.4, 0.5) is 14.9 Å². The smallest absolute Gasteiger partial charge is 0.410 e. The fourth-order valence-electron chi connectivity index (χ4n) is 3.28. The number of fused-ring (bicyclic) bond motifs is 1. The highest BCUT2D eigenvalue weighted by Gasteiger charge is 2.44. The van der Waals surface area contributed by atoms with Crippen molar-refractivity contribution in [2.24, 2.45) is 0 Å². The van der Waals surface area contributed by atoms with Gasteiger partial charge in [-0.25, -0.2) is 4.79 Å². The van der Waals surface area contributed by atoms with Gasteiger partial charge in [0.2, 0.25) is 5.82 Å². The number of nitro groups is 1. The van der Waals surface area contributed by atoms with Gasteiger partial charge in [0.25, 0.3) is 0 Å². The summed E-state index contributed by atoms with van der Waals surface area (Å²) in [4.78, 5) is 23.9. The average molecular weight is 352 g/mol. The SMILES string of the molecule is CC(C)(C)OC(=O)N1CCC2(CC1)Cc1cc([N+](=O)[O-])c(F)cc1O2. The Hall–Kier alpha value is -2.38. The molecule has 0 aromatic heterocycles. The molecular weight excluding hydrogens is 331 g/mol. The number of ether oxygens (including phenoxy) is 2. The van der Waals surface area contributed by atoms with Gasteiger partial charge < -0.3 is 14.4 Å². The average Bonchev–Trinajstić information content (AvgIpc) is 2.81. The molecule has 2 aliphatic rings. The minimum atomic E-state index is -0.896. The third-order valence-corrected chi connectivity index (χ3v) is 4.49. The van der Waals surface area contributed by atoms with Crippen molar-refractivity contribution in [3.63, 3.8) is 0 Å². The van der Waals surface area contributed by atoms with E-state index in [9.17, 15) is 19.3 Å². The molecule has 136 valence electrons. The van der Waals surface area contributed by atoms with Crippen LogP contribution < -0.4 is 4.74 Å². The molecule has 1 aromatic carbocycles. The van der Waals surface area contributed by atoms with Gasteiger partial charge in [0.15, 0.2) is 0 Å². The molecule has 1 aromatic rings. The Balaban J connectivity index is 1.68. The largest absolute Gasteiger partial charge is 0.486 e. The van der Waals surface area contributed by atoms with E-state index in [2.05, 4.69) is 0 Å². The zero-order chi connectivity index (χ0) is 18.4. The summed E-state index contributed by atoms with van der Waals surface area (Å²) in [5.41, 5.74) is -0.991. The maximum atomic E-state index is 13.8. The Kier molecular flexibility index (Phi) is 4.09. The van der Waals surface area contributed by atoms with Crippen molar-refractivity contribution < 1.29 is 23.6 Å². The highest BCUT2D eigenvalue weighted by molar-refractivity contribution is 5.68. The minimum Gasteiger partial charge on any atom is -0.486 e. The predicted octanol–water partition coefficient (Wildman–Crippen LogP) is 3.44. The van der Waals surface area contributed by atoms with Crippen LogP contribution in [0.25, 0.3) is 0 Å². The van der Waals surface area contributed by atoms with E-state index in [-0.39, 0.29) is 6.09 Å². The molecule has 2 aliphatic heterocycles. The van der Waals surface area contributed by atoms with Crippen molar-refractivity contribution >= 4 is 11.8 Å². The number of carbonyl (C=O) groups excluding carboxylic acids is 1. The third-order valence-electron chi connectivity index (χ3n) is 4.49. The lowest BCUT2D eigenvalue weighted by atomic mass is 9.87. The number of hydrogen-bond acceptors (Lipinski definition) is 5. The van der Waals surface area contributed by atoms with Crippen LogP contribution >= 0.6 is 0 Å². The number of halogens is 1. The van der Waals surface area contributed by atoms with Crippen LogP contribution in [0.5, 0.6) is 5.75 Å². The number of hydrogen-bond donors (Lipinski definition) is 0. The zero-order valence-electron chi connectivity index (χ0n) is 14.5. The monoisotopic (exact) mass is 352 g/mol. The first-order valence-corrected chi connectivity index (χ1v) is 8.22. The van der Waals surface area contributed by atoms with E-state index in [1.54, 1.807) is 4.90 Å². The summed E-state index contributed by atoms with van der Waals surface area (Å²) < 4.78 is 25.1. The lowest BCUT2D eigenvalue weighted by Crippen LogP contribution is -2.50. The molecule has 7 nitrogen and oxygen atoms in total. The first-order chi connectivity index (χ1) is 11.6. The molecule has 1 saturated heterocycles. The van der Waals surface area contributed by atoms with Crippen molar-refractivity contribution in [3.8, 4) is 5.75 Å². The van der Waals surface area contributed by atoms with Gasteiger partial charge in [0, 0.05) is 50.0 Å². The molecule has 1 spiro atoms. The molecule has 0 bridgehead atoms. The molecule has 0 radical (unpaired) electrons. The quantitative estimate of drug-likeness (QED) is 0.571. The first-order valence-electron chi connectivity index (χ1n) is 8.22. The molecule has 3 rings (SSSR count). The fourth-order valence-corrected chi connectivity index (χ4v) is 3.28. The topological polar surface area (TPSA) is 81.9 Å². The molecule has 0 saturated carbocycles. The summed E-state index contributed by atoms with van der Waals surface area (Å²) in [6.07, 6.45) is 1.25. The Morgan fingerprint density at radius 3 is 2.56 bits per heavy atom.